The van der Waals surface area contributed by atoms with Crippen LogP contribution in [0.4, 0.5) is 0 Å². The van der Waals surface area contributed by atoms with Crippen molar-refractivity contribution in [2.45, 2.75) is 46.0 Å². The molecule has 0 aromatic carbocycles. The minimum absolute atomic E-state index is 0.00678. The molecule has 0 bridgehead atoms. The number of hydrogen-bond acceptors (Lipinski definition) is 4. The Morgan fingerprint density at radius 2 is 1.96 bits per heavy atom. The van der Waals surface area contributed by atoms with Crippen LogP contribution >= 0.6 is 0 Å². The van der Waals surface area contributed by atoms with Crippen molar-refractivity contribution < 1.29 is 9.59 Å². The molecule has 1 amide bonds. The number of likely N-dealkylation sites (tertiary alicyclic amines) is 1. The van der Waals surface area contributed by atoms with Crippen molar-refractivity contribution in [3.63, 3.8) is 0 Å². The molecule has 0 unspecified atom stereocenters. The second-order valence-electron chi connectivity index (χ2n) is 8.47. The highest BCUT2D eigenvalue weighted by molar-refractivity contribution is 6.02. The first-order chi connectivity index (χ1) is 12.3. The number of hydrogen-bond donors (Lipinski definition) is 2. The predicted molar refractivity (Wildman–Crippen MR) is 101 cm³/mol. The zero-order valence-corrected chi connectivity index (χ0v) is 16.0. The molecule has 6 nitrogen and oxygen atoms in total. The highest BCUT2D eigenvalue weighted by Gasteiger charge is 2.33. The maximum atomic E-state index is 12.8. The molecule has 2 N–H and O–H groups in total. The topological polar surface area (TPSA) is 82.3 Å². The Morgan fingerprint density at radius 3 is 2.62 bits per heavy atom. The minimum atomic E-state index is -0.378. The monoisotopic (exact) mass is 359 g/mol. The van der Waals surface area contributed by atoms with Crippen LogP contribution in [0.25, 0.3) is 0 Å². The number of Topliss-reactive ketones (excluding diaryl/α,β-unsaturated/α-hetero) is 1. The standard InChI is InChI=1S/C20H29N3O3/c1-20(2)11-16-14(17(24)12-20)10-15(18(25)22-16)19(26)23-8-5-13(6-9-23)4-7-21-3/h10,13,21H,4-9,11-12H2,1-3H3,(H,22,25). The molecule has 142 valence electrons. The van der Waals surface area contributed by atoms with Gasteiger partial charge in [-0.3, -0.25) is 14.4 Å². The Hall–Kier alpha value is -1.95. The highest BCUT2D eigenvalue weighted by atomic mass is 16.2. The second-order valence-corrected chi connectivity index (χ2v) is 8.47. The van der Waals surface area contributed by atoms with Gasteiger partial charge in [-0.1, -0.05) is 13.8 Å². The molecule has 0 atom stereocenters. The van der Waals surface area contributed by atoms with Crippen LogP contribution in [0.3, 0.4) is 0 Å². The maximum absolute atomic E-state index is 12.8. The van der Waals surface area contributed by atoms with Crippen LogP contribution in [0.2, 0.25) is 0 Å². The van der Waals surface area contributed by atoms with Crippen LogP contribution in [0.15, 0.2) is 10.9 Å². The fraction of sp³-hybridized carbons (Fsp3) is 0.650. The lowest BCUT2D eigenvalue weighted by Crippen LogP contribution is -2.41. The lowest BCUT2D eigenvalue weighted by atomic mass is 9.75. The Labute approximate surface area is 154 Å². The summed E-state index contributed by atoms with van der Waals surface area (Å²) in [5.41, 5.74) is 0.741. The summed E-state index contributed by atoms with van der Waals surface area (Å²) < 4.78 is 0. The van der Waals surface area contributed by atoms with Crippen LogP contribution in [-0.2, 0) is 6.42 Å². The second kappa shape index (κ2) is 7.35. The van der Waals surface area contributed by atoms with E-state index >= 15 is 0 Å². The molecule has 26 heavy (non-hydrogen) atoms. The third-order valence-corrected chi connectivity index (χ3v) is 5.65. The average molecular weight is 359 g/mol. The highest BCUT2D eigenvalue weighted by Crippen LogP contribution is 2.33. The number of fused-ring (bicyclic) bond motifs is 1. The quantitative estimate of drug-likeness (QED) is 0.861. The molecule has 1 aliphatic carbocycles. The van der Waals surface area contributed by atoms with E-state index in [0.717, 1.165) is 25.8 Å². The van der Waals surface area contributed by atoms with E-state index in [0.29, 0.717) is 43.1 Å². The van der Waals surface area contributed by atoms with Gasteiger partial charge in [0.05, 0.1) is 0 Å². The first kappa shape index (κ1) is 18.8. The number of carbonyl (C=O) groups excluding carboxylic acids is 2. The van der Waals surface area contributed by atoms with Crippen molar-refractivity contribution in [2.75, 3.05) is 26.7 Å². The number of H-pyrrole nitrogens is 1. The molecule has 1 aromatic heterocycles. The molecular formula is C20H29N3O3. The van der Waals surface area contributed by atoms with E-state index in [1.807, 2.05) is 20.9 Å². The van der Waals surface area contributed by atoms with E-state index in [-0.39, 0.29) is 28.2 Å². The van der Waals surface area contributed by atoms with Crippen molar-refractivity contribution in [3.05, 3.63) is 33.2 Å². The third-order valence-electron chi connectivity index (χ3n) is 5.65. The molecular weight excluding hydrogens is 330 g/mol. The van der Waals surface area contributed by atoms with E-state index in [2.05, 4.69) is 10.3 Å². The average Bonchev–Trinajstić information content (AvgIpc) is 2.58. The number of amides is 1. The summed E-state index contributed by atoms with van der Waals surface area (Å²) in [5, 5.41) is 3.16. The number of rotatable bonds is 4. The largest absolute Gasteiger partial charge is 0.338 e. The van der Waals surface area contributed by atoms with Crippen molar-refractivity contribution in [1.82, 2.24) is 15.2 Å². The summed E-state index contributed by atoms with van der Waals surface area (Å²) in [7, 11) is 1.95. The number of aromatic amines is 1. The molecule has 0 saturated carbocycles. The van der Waals surface area contributed by atoms with Gasteiger partial charge in [0.25, 0.3) is 11.5 Å². The van der Waals surface area contributed by atoms with Gasteiger partial charge in [-0.25, -0.2) is 0 Å². The van der Waals surface area contributed by atoms with E-state index in [1.54, 1.807) is 4.90 Å². The number of carbonyl (C=O) groups is 2. The van der Waals surface area contributed by atoms with Crippen molar-refractivity contribution in [3.8, 4) is 0 Å². The number of nitrogens with one attached hydrogen (secondary N) is 2. The van der Waals surface area contributed by atoms with E-state index < -0.39 is 0 Å². The molecule has 3 rings (SSSR count). The number of nitrogens with zero attached hydrogens (tertiary/aromatic N) is 1. The first-order valence-electron chi connectivity index (χ1n) is 9.54. The predicted octanol–water partition coefficient (Wildman–Crippen LogP) is 1.99. The molecule has 0 spiro atoms. The van der Waals surface area contributed by atoms with Gasteiger partial charge in [0, 0.05) is 30.8 Å². The Morgan fingerprint density at radius 1 is 1.27 bits per heavy atom. The van der Waals surface area contributed by atoms with Crippen LogP contribution in [0.1, 0.15) is 65.9 Å². The minimum Gasteiger partial charge on any atom is -0.338 e. The molecule has 0 radical (unpaired) electrons. The molecule has 2 aliphatic rings. The Bertz CT molecular complexity index is 758. The van der Waals surface area contributed by atoms with Gasteiger partial charge in [0.2, 0.25) is 0 Å². The summed E-state index contributed by atoms with van der Waals surface area (Å²) in [6.45, 7) is 6.36. The zero-order chi connectivity index (χ0) is 18.9. The molecule has 6 heteroatoms. The normalized spacial score (nSPS) is 20.1. The fourth-order valence-electron chi connectivity index (χ4n) is 4.13. The molecule has 2 heterocycles. The summed E-state index contributed by atoms with van der Waals surface area (Å²) in [5.74, 6) is 0.378. The van der Waals surface area contributed by atoms with E-state index in [1.165, 1.54) is 6.07 Å². The van der Waals surface area contributed by atoms with E-state index in [9.17, 15) is 14.4 Å². The van der Waals surface area contributed by atoms with Gasteiger partial charge < -0.3 is 15.2 Å². The summed E-state index contributed by atoms with van der Waals surface area (Å²) in [6, 6.07) is 1.53. The molecule has 1 saturated heterocycles. The van der Waals surface area contributed by atoms with Crippen molar-refractivity contribution in [1.29, 1.82) is 0 Å². The number of piperidine rings is 1. The number of aromatic nitrogens is 1. The molecule has 1 aromatic rings. The van der Waals surface area contributed by atoms with Crippen LogP contribution in [-0.4, -0.2) is 48.3 Å². The van der Waals surface area contributed by atoms with Crippen LogP contribution in [0, 0.1) is 11.3 Å². The van der Waals surface area contributed by atoms with E-state index in [4.69, 9.17) is 0 Å². The van der Waals surface area contributed by atoms with Gasteiger partial charge in [0.15, 0.2) is 5.78 Å². The Kier molecular flexibility index (Phi) is 5.32. The summed E-state index contributed by atoms with van der Waals surface area (Å²) in [6.07, 6.45) is 4.13. The zero-order valence-electron chi connectivity index (χ0n) is 16.0. The van der Waals surface area contributed by atoms with Crippen LogP contribution in [0.5, 0.6) is 0 Å². The van der Waals surface area contributed by atoms with Gasteiger partial charge in [-0.15, -0.1) is 0 Å². The van der Waals surface area contributed by atoms with Gasteiger partial charge in [0.1, 0.15) is 5.56 Å². The lowest BCUT2D eigenvalue weighted by Gasteiger charge is -2.32. The van der Waals surface area contributed by atoms with Crippen molar-refractivity contribution >= 4 is 11.7 Å². The number of ketones is 1. The lowest BCUT2D eigenvalue weighted by molar-refractivity contribution is 0.0685. The molecule has 1 aliphatic heterocycles. The smallest absolute Gasteiger partial charge is 0.261 e. The summed E-state index contributed by atoms with van der Waals surface area (Å²) >= 11 is 0. The maximum Gasteiger partial charge on any atom is 0.261 e. The number of pyridine rings is 1. The van der Waals surface area contributed by atoms with Crippen LogP contribution < -0.4 is 10.9 Å². The molecule has 1 fully saturated rings. The van der Waals surface area contributed by atoms with Crippen molar-refractivity contribution in [2.24, 2.45) is 11.3 Å². The fourth-order valence-corrected chi connectivity index (χ4v) is 4.13. The third kappa shape index (κ3) is 3.90. The SMILES string of the molecule is CNCCC1CCN(C(=O)c2cc3c([nH]c2=O)CC(C)(C)CC3=O)CC1. The summed E-state index contributed by atoms with van der Waals surface area (Å²) in [4.78, 5) is 42.3. The van der Waals surface area contributed by atoms with Gasteiger partial charge >= 0.3 is 0 Å². The van der Waals surface area contributed by atoms with Gasteiger partial charge in [-0.2, -0.15) is 0 Å². The van der Waals surface area contributed by atoms with Gasteiger partial charge in [-0.05, 0) is 56.7 Å². The first-order valence-corrected chi connectivity index (χ1v) is 9.54. The Balaban J connectivity index is 1.76.